The van der Waals surface area contributed by atoms with E-state index in [9.17, 15) is 4.79 Å². The smallest absolute Gasteiger partial charge is 0.246 e. The largest absolute Gasteiger partial charge is 0.493 e. The maximum Gasteiger partial charge on any atom is 0.246 e. The van der Waals surface area contributed by atoms with Crippen molar-refractivity contribution in [1.82, 2.24) is 4.90 Å². The van der Waals surface area contributed by atoms with Crippen molar-refractivity contribution in [3.8, 4) is 11.5 Å². The first-order chi connectivity index (χ1) is 11.2. The maximum atomic E-state index is 12.4. The normalized spacial score (nSPS) is 13.9. The summed E-state index contributed by atoms with van der Waals surface area (Å²) in [7, 11) is 3.20. The van der Waals surface area contributed by atoms with Gasteiger partial charge in [0.15, 0.2) is 11.5 Å². The predicted octanol–water partition coefficient (Wildman–Crippen LogP) is 3.36. The number of ether oxygens (including phenoxy) is 2. The molecule has 0 spiro atoms. The topological polar surface area (TPSA) is 38.8 Å². The van der Waals surface area contributed by atoms with Crippen LogP contribution in [-0.2, 0) is 17.8 Å². The molecule has 3 rings (SSSR count). The average Bonchev–Trinajstić information content (AvgIpc) is 3.06. The first kappa shape index (κ1) is 15.6. The summed E-state index contributed by atoms with van der Waals surface area (Å²) in [6.45, 7) is 1.48. The summed E-state index contributed by atoms with van der Waals surface area (Å²) in [5.41, 5.74) is 2.18. The Bertz CT molecular complexity index is 736. The zero-order valence-electron chi connectivity index (χ0n) is 13.2. The molecule has 0 N–H and O–H groups in total. The zero-order valence-corrected chi connectivity index (χ0v) is 14.1. The lowest BCUT2D eigenvalue weighted by molar-refractivity contribution is -0.126. The number of thiophene rings is 1. The molecule has 1 aromatic carbocycles. The molecule has 2 heterocycles. The van der Waals surface area contributed by atoms with Crippen LogP contribution in [-0.4, -0.2) is 31.6 Å². The predicted molar refractivity (Wildman–Crippen MR) is 92.0 cm³/mol. The monoisotopic (exact) mass is 329 g/mol. The Morgan fingerprint density at radius 3 is 2.83 bits per heavy atom. The molecule has 0 unspecified atom stereocenters. The molecule has 1 aliphatic rings. The number of methoxy groups -OCH3 is 2. The van der Waals surface area contributed by atoms with Crippen LogP contribution < -0.4 is 9.47 Å². The molecule has 0 bridgehead atoms. The molecule has 0 atom stereocenters. The second kappa shape index (κ2) is 6.87. The summed E-state index contributed by atoms with van der Waals surface area (Å²) < 4.78 is 10.5. The number of nitrogens with zero attached hydrogens (tertiary/aromatic N) is 1. The highest BCUT2D eigenvalue weighted by Crippen LogP contribution is 2.28. The Morgan fingerprint density at radius 2 is 2.04 bits per heavy atom. The molecule has 2 aromatic rings. The highest BCUT2D eigenvalue weighted by molar-refractivity contribution is 7.10. The lowest BCUT2D eigenvalue weighted by atomic mass is 10.1. The first-order valence-corrected chi connectivity index (χ1v) is 8.33. The second-order valence-electron chi connectivity index (χ2n) is 5.33. The van der Waals surface area contributed by atoms with Crippen molar-refractivity contribution in [3.63, 3.8) is 0 Å². The molecular weight excluding hydrogens is 310 g/mol. The molecule has 0 radical (unpaired) electrons. The number of hydrogen-bond acceptors (Lipinski definition) is 4. The number of fused-ring (bicyclic) bond motifs is 1. The molecular formula is C18H19NO3S. The van der Waals surface area contributed by atoms with E-state index < -0.39 is 0 Å². The molecule has 5 heteroatoms. The number of rotatable bonds is 4. The number of amides is 1. The van der Waals surface area contributed by atoms with Crippen molar-refractivity contribution in [3.05, 3.63) is 51.7 Å². The maximum absolute atomic E-state index is 12.4. The summed E-state index contributed by atoms with van der Waals surface area (Å²) in [4.78, 5) is 15.6. The third-order valence-corrected chi connectivity index (χ3v) is 4.97. The van der Waals surface area contributed by atoms with E-state index in [4.69, 9.17) is 9.47 Å². The fourth-order valence-corrected chi connectivity index (χ4v) is 3.56. The van der Waals surface area contributed by atoms with Gasteiger partial charge in [0.25, 0.3) is 0 Å². The summed E-state index contributed by atoms with van der Waals surface area (Å²) in [5.74, 6) is 1.37. The molecule has 0 fully saturated rings. The molecule has 1 aromatic heterocycles. The Kier molecular flexibility index (Phi) is 4.67. The van der Waals surface area contributed by atoms with Gasteiger partial charge in [0.05, 0.1) is 14.2 Å². The van der Waals surface area contributed by atoms with Crippen molar-refractivity contribution < 1.29 is 14.3 Å². The van der Waals surface area contributed by atoms with Crippen LogP contribution >= 0.6 is 11.3 Å². The van der Waals surface area contributed by atoms with Gasteiger partial charge in [-0.05, 0) is 47.2 Å². The van der Waals surface area contributed by atoms with Crippen LogP contribution in [0.2, 0.25) is 0 Å². The van der Waals surface area contributed by atoms with Crippen LogP contribution in [0.5, 0.6) is 11.5 Å². The SMILES string of the molecule is COc1ccc(/C=C/C(=O)N2CCc3sccc3C2)cc1OC. The van der Waals surface area contributed by atoms with Crippen molar-refractivity contribution in [2.75, 3.05) is 20.8 Å². The van der Waals surface area contributed by atoms with E-state index >= 15 is 0 Å². The zero-order chi connectivity index (χ0) is 16.2. The van der Waals surface area contributed by atoms with E-state index in [1.807, 2.05) is 29.2 Å². The third kappa shape index (κ3) is 3.40. The number of benzene rings is 1. The van der Waals surface area contributed by atoms with Gasteiger partial charge in [-0.3, -0.25) is 4.79 Å². The van der Waals surface area contributed by atoms with Crippen LogP contribution in [0.3, 0.4) is 0 Å². The summed E-state index contributed by atoms with van der Waals surface area (Å²) >= 11 is 1.78. The van der Waals surface area contributed by atoms with Gasteiger partial charge in [0.2, 0.25) is 5.91 Å². The van der Waals surface area contributed by atoms with E-state index in [-0.39, 0.29) is 5.91 Å². The minimum Gasteiger partial charge on any atom is -0.493 e. The van der Waals surface area contributed by atoms with Crippen molar-refractivity contribution in [2.45, 2.75) is 13.0 Å². The Labute approximate surface area is 140 Å². The summed E-state index contributed by atoms with van der Waals surface area (Å²) in [6, 6.07) is 7.70. The lowest BCUT2D eigenvalue weighted by Gasteiger charge is -2.25. The summed E-state index contributed by atoms with van der Waals surface area (Å²) in [5, 5.41) is 2.10. The van der Waals surface area contributed by atoms with E-state index in [0.717, 1.165) is 18.5 Å². The van der Waals surface area contributed by atoms with Crippen LogP contribution in [0, 0.1) is 0 Å². The number of hydrogen-bond donors (Lipinski definition) is 0. The quantitative estimate of drug-likeness (QED) is 0.807. The number of carbonyl (C=O) groups is 1. The Morgan fingerprint density at radius 1 is 1.22 bits per heavy atom. The fraction of sp³-hybridized carbons (Fsp3) is 0.278. The lowest BCUT2D eigenvalue weighted by Crippen LogP contribution is -2.34. The van der Waals surface area contributed by atoms with Crippen molar-refractivity contribution in [1.29, 1.82) is 0 Å². The molecule has 1 aliphatic heterocycles. The fourth-order valence-electron chi connectivity index (χ4n) is 2.67. The van der Waals surface area contributed by atoms with Gasteiger partial charge in [-0.15, -0.1) is 11.3 Å². The van der Waals surface area contributed by atoms with Gasteiger partial charge in [-0.25, -0.2) is 0 Å². The Hall–Kier alpha value is -2.27. The van der Waals surface area contributed by atoms with Gasteiger partial charge in [0, 0.05) is 24.0 Å². The molecule has 0 saturated carbocycles. The van der Waals surface area contributed by atoms with Gasteiger partial charge in [-0.2, -0.15) is 0 Å². The highest BCUT2D eigenvalue weighted by Gasteiger charge is 2.19. The van der Waals surface area contributed by atoms with Crippen LogP contribution in [0.1, 0.15) is 16.0 Å². The summed E-state index contributed by atoms with van der Waals surface area (Å²) in [6.07, 6.45) is 4.38. The highest BCUT2D eigenvalue weighted by atomic mass is 32.1. The van der Waals surface area contributed by atoms with Gasteiger partial charge in [-0.1, -0.05) is 6.07 Å². The Balaban J connectivity index is 1.69. The molecule has 1 amide bonds. The minimum atomic E-state index is 0.0386. The molecule has 4 nitrogen and oxygen atoms in total. The number of carbonyl (C=O) groups excluding carboxylic acids is 1. The van der Waals surface area contributed by atoms with Crippen LogP contribution in [0.15, 0.2) is 35.7 Å². The first-order valence-electron chi connectivity index (χ1n) is 7.45. The van der Waals surface area contributed by atoms with Crippen molar-refractivity contribution >= 4 is 23.3 Å². The molecule has 0 saturated heterocycles. The van der Waals surface area contributed by atoms with E-state index in [0.29, 0.717) is 18.0 Å². The van der Waals surface area contributed by atoms with Crippen LogP contribution in [0.25, 0.3) is 6.08 Å². The van der Waals surface area contributed by atoms with Gasteiger partial charge < -0.3 is 14.4 Å². The average molecular weight is 329 g/mol. The van der Waals surface area contributed by atoms with Gasteiger partial charge >= 0.3 is 0 Å². The van der Waals surface area contributed by atoms with Crippen LogP contribution in [0.4, 0.5) is 0 Å². The third-order valence-electron chi connectivity index (χ3n) is 3.95. The standard InChI is InChI=1S/C18H19NO3S/c1-21-15-5-3-13(11-16(15)22-2)4-6-18(20)19-9-7-17-14(12-19)8-10-23-17/h3-6,8,10-11H,7,9,12H2,1-2H3/b6-4+. The van der Waals surface area contributed by atoms with E-state index in [1.54, 1.807) is 31.6 Å². The molecule has 0 aliphatic carbocycles. The minimum absolute atomic E-state index is 0.0386. The second-order valence-corrected chi connectivity index (χ2v) is 6.33. The molecule has 120 valence electrons. The van der Waals surface area contributed by atoms with E-state index in [1.165, 1.54) is 10.4 Å². The van der Waals surface area contributed by atoms with Gasteiger partial charge in [0.1, 0.15) is 0 Å². The molecule has 23 heavy (non-hydrogen) atoms. The van der Waals surface area contributed by atoms with Crippen molar-refractivity contribution in [2.24, 2.45) is 0 Å². The van der Waals surface area contributed by atoms with E-state index in [2.05, 4.69) is 11.4 Å².